The largest absolute Gasteiger partial charge is 0.493 e. The molecule has 0 aromatic heterocycles. The maximum atomic E-state index is 11.5. The van der Waals surface area contributed by atoms with Crippen molar-refractivity contribution in [3.63, 3.8) is 0 Å². The maximum Gasteiger partial charge on any atom is 0.339 e. The molecule has 4 heteroatoms. The van der Waals surface area contributed by atoms with Crippen LogP contribution < -0.4 is 9.47 Å². The van der Waals surface area contributed by atoms with Crippen LogP contribution in [0.3, 0.4) is 0 Å². The predicted octanol–water partition coefficient (Wildman–Crippen LogP) is 5.54. The molecule has 0 amide bonds. The Bertz CT molecular complexity index is 925. The van der Waals surface area contributed by atoms with Crippen LogP contribution in [-0.2, 0) is 6.61 Å². The second-order valence-corrected chi connectivity index (χ2v) is 6.92. The minimum Gasteiger partial charge on any atom is -0.493 e. The lowest BCUT2D eigenvalue weighted by Crippen LogP contribution is -2.06. The fraction of sp³-hybridized carbons (Fsp3) is 0.261. The summed E-state index contributed by atoms with van der Waals surface area (Å²) in [4.78, 5) is 11.5. The summed E-state index contributed by atoms with van der Waals surface area (Å²) in [5.74, 6) is 0.466. The first-order valence-electron chi connectivity index (χ1n) is 9.14. The lowest BCUT2D eigenvalue weighted by atomic mass is 10.1. The molecular formula is C23H24O4. The van der Waals surface area contributed by atoms with Gasteiger partial charge in [-0.3, -0.25) is 0 Å². The Kier molecular flexibility index (Phi) is 5.97. The lowest BCUT2D eigenvalue weighted by molar-refractivity contribution is 0.0691. The molecule has 0 spiro atoms. The Hall–Kier alpha value is -3.01. The fourth-order valence-electron chi connectivity index (χ4n) is 2.87. The van der Waals surface area contributed by atoms with E-state index in [4.69, 9.17) is 9.47 Å². The first-order chi connectivity index (χ1) is 13.0. The van der Waals surface area contributed by atoms with Crippen LogP contribution in [0.4, 0.5) is 0 Å². The molecule has 0 radical (unpaired) electrons. The van der Waals surface area contributed by atoms with Crippen molar-refractivity contribution in [3.8, 4) is 11.5 Å². The van der Waals surface area contributed by atoms with Crippen LogP contribution in [0.25, 0.3) is 10.8 Å². The highest BCUT2D eigenvalue weighted by molar-refractivity contribution is 5.91. The van der Waals surface area contributed by atoms with E-state index in [0.717, 1.165) is 22.8 Å². The summed E-state index contributed by atoms with van der Waals surface area (Å²) in [5.41, 5.74) is 1.14. The second kappa shape index (κ2) is 8.58. The topological polar surface area (TPSA) is 55.8 Å². The lowest BCUT2D eigenvalue weighted by Gasteiger charge is -2.14. The highest BCUT2D eigenvalue weighted by Gasteiger charge is 2.13. The van der Waals surface area contributed by atoms with Crippen LogP contribution in [0.5, 0.6) is 11.5 Å². The number of ether oxygens (including phenoxy) is 2. The van der Waals surface area contributed by atoms with Crippen LogP contribution in [0.2, 0.25) is 0 Å². The molecule has 0 heterocycles. The van der Waals surface area contributed by atoms with Gasteiger partial charge in [0.2, 0.25) is 0 Å². The fourth-order valence-corrected chi connectivity index (χ4v) is 2.87. The van der Waals surface area contributed by atoms with Crippen molar-refractivity contribution in [1.29, 1.82) is 0 Å². The zero-order valence-corrected chi connectivity index (χ0v) is 15.6. The zero-order valence-electron chi connectivity index (χ0n) is 15.6. The molecule has 3 aromatic carbocycles. The molecule has 3 aromatic rings. The SMILES string of the molecule is CC(C)CCOc1ccc(C(=O)O)c(OCc2cccc3ccccc23)c1. The molecule has 0 atom stereocenters. The molecule has 140 valence electrons. The number of carbonyl (C=O) groups is 1. The Balaban J connectivity index is 1.80. The van der Waals surface area contributed by atoms with Crippen molar-refractivity contribution >= 4 is 16.7 Å². The van der Waals surface area contributed by atoms with Crippen LogP contribution >= 0.6 is 0 Å². The van der Waals surface area contributed by atoms with Gasteiger partial charge < -0.3 is 14.6 Å². The van der Waals surface area contributed by atoms with Crippen molar-refractivity contribution in [2.45, 2.75) is 26.9 Å². The van der Waals surface area contributed by atoms with Gasteiger partial charge in [0.25, 0.3) is 0 Å². The number of hydrogen-bond donors (Lipinski definition) is 1. The first-order valence-corrected chi connectivity index (χ1v) is 9.14. The summed E-state index contributed by atoms with van der Waals surface area (Å²) >= 11 is 0. The van der Waals surface area contributed by atoms with E-state index in [1.165, 1.54) is 6.07 Å². The summed E-state index contributed by atoms with van der Waals surface area (Å²) in [6.07, 6.45) is 0.937. The number of benzene rings is 3. The van der Waals surface area contributed by atoms with Crippen molar-refractivity contribution in [2.24, 2.45) is 5.92 Å². The number of fused-ring (bicyclic) bond motifs is 1. The molecule has 1 N–H and O–H groups in total. The van der Waals surface area contributed by atoms with E-state index in [1.807, 2.05) is 42.5 Å². The summed E-state index contributed by atoms with van der Waals surface area (Å²) in [7, 11) is 0. The van der Waals surface area contributed by atoms with E-state index >= 15 is 0 Å². The van der Waals surface area contributed by atoms with Crippen LogP contribution in [0.15, 0.2) is 60.7 Å². The molecule has 27 heavy (non-hydrogen) atoms. The first kappa shape index (κ1) is 18.8. The third-order valence-electron chi connectivity index (χ3n) is 4.41. The van der Waals surface area contributed by atoms with Gasteiger partial charge in [-0.25, -0.2) is 4.79 Å². The number of aromatic carboxylic acids is 1. The average molecular weight is 364 g/mol. The number of hydrogen-bond acceptors (Lipinski definition) is 3. The maximum absolute atomic E-state index is 11.5. The molecule has 0 aliphatic heterocycles. The normalized spacial score (nSPS) is 10.9. The molecule has 4 nitrogen and oxygen atoms in total. The Morgan fingerprint density at radius 1 is 1.00 bits per heavy atom. The standard InChI is InChI=1S/C23H24O4/c1-16(2)12-13-26-19-10-11-21(23(24)25)22(14-19)27-15-18-8-5-7-17-6-3-4-9-20(17)18/h3-11,14,16H,12-13,15H2,1-2H3,(H,24,25). The Morgan fingerprint density at radius 3 is 2.56 bits per heavy atom. The summed E-state index contributed by atoms with van der Waals surface area (Å²) in [6.45, 7) is 5.15. The Labute approximate surface area is 159 Å². The minimum atomic E-state index is -1.02. The molecule has 0 unspecified atom stereocenters. The molecule has 0 saturated heterocycles. The summed E-state index contributed by atoms with van der Waals surface area (Å²) < 4.78 is 11.6. The average Bonchev–Trinajstić information content (AvgIpc) is 2.66. The van der Waals surface area contributed by atoms with Crippen molar-refractivity contribution < 1.29 is 19.4 Å². The van der Waals surface area contributed by atoms with Gasteiger partial charge >= 0.3 is 5.97 Å². The van der Waals surface area contributed by atoms with E-state index < -0.39 is 5.97 Å². The molecule has 0 bridgehead atoms. The molecule has 3 rings (SSSR count). The third kappa shape index (κ3) is 4.79. The minimum absolute atomic E-state index is 0.131. The van der Waals surface area contributed by atoms with Crippen molar-refractivity contribution in [1.82, 2.24) is 0 Å². The monoisotopic (exact) mass is 364 g/mol. The van der Waals surface area contributed by atoms with Gasteiger partial charge in [-0.15, -0.1) is 0 Å². The van der Waals surface area contributed by atoms with Gasteiger partial charge in [0.05, 0.1) is 6.61 Å². The van der Waals surface area contributed by atoms with Gasteiger partial charge in [-0.2, -0.15) is 0 Å². The van der Waals surface area contributed by atoms with Crippen LogP contribution in [-0.4, -0.2) is 17.7 Å². The number of carboxylic acid groups (broad SMARTS) is 1. The zero-order chi connectivity index (χ0) is 19.2. The number of rotatable bonds is 8. The highest BCUT2D eigenvalue weighted by atomic mass is 16.5. The molecule has 0 saturated carbocycles. The van der Waals surface area contributed by atoms with Crippen LogP contribution in [0.1, 0.15) is 36.2 Å². The van der Waals surface area contributed by atoms with Gasteiger partial charge in [0.15, 0.2) is 0 Å². The van der Waals surface area contributed by atoms with Gasteiger partial charge in [-0.05, 0) is 40.8 Å². The van der Waals surface area contributed by atoms with E-state index in [-0.39, 0.29) is 12.2 Å². The van der Waals surface area contributed by atoms with E-state index in [1.54, 1.807) is 12.1 Å². The summed E-state index contributed by atoms with van der Waals surface area (Å²) in [6, 6.07) is 18.9. The molecule has 0 aliphatic carbocycles. The van der Waals surface area contributed by atoms with Crippen molar-refractivity contribution in [3.05, 3.63) is 71.8 Å². The third-order valence-corrected chi connectivity index (χ3v) is 4.41. The van der Waals surface area contributed by atoms with Gasteiger partial charge in [-0.1, -0.05) is 56.3 Å². The Morgan fingerprint density at radius 2 is 1.78 bits per heavy atom. The van der Waals surface area contributed by atoms with Gasteiger partial charge in [0.1, 0.15) is 23.7 Å². The predicted molar refractivity (Wildman–Crippen MR) is 107 cm³/mol. The molecular weight excluding hydrogens is 340 g/mol. The summed E-state index contributed by atoms with van der Waals surface area (Å²) in [5, 5.41) is 11.7. The van der Waals surface area contributed by atoms with E-state index in [9.17, 15) is 9.90 Å². The molecule has 0 fully saturated rings. The second-order valence-electron chi connectivity index (χ2n) is 6.92. The molecule has 0 aliphatic rings. The smallest absolute Gasteiger partial charge is 0.339 e. The van der Waals surface area contributed by atoms with Crippen LogP contribution in [0, 0.1) is 5.92 Å². The van der Waals surface area contributed by atoms with Crippen molar-refractivity contribution in [2.75, 3.05) is 6.61 Å². The quantitative estimate of drug-likeness (QED) is 0.570. The van der Waals surface area contributed by atoms with E-state index in [0.29, 0.717) is 24.0 Å². The number of carboxylic acids is 1. The van der Waals surface area contributed by atoms with E-state index in [2.05, 4.69) is 13.8 Å². The highest BCUT2D eigenvalue weighted by Crippen LogP contribution is 2.27. The van der Waals surface area contributed by atoms with Gasteiger partial charge in [0, 0.05) is 6.07 Å².